The van der Waals surface area contributed by atoms with E-state index in [9.17, 15) is 19.2 Å². The van der Waals surface area contributed by atoms with Crippen molar-refractivity contribution in [3.8, 4) is 0 Å². The molecule has 2 aromatic rings. The number of ether oxygens (including phenoxy) is 1. The van der Waals surface area contributed by atoms with Crippen LogP contribution >= 0.6 is 11.3 Å². The fraction of sp³-hybridized carbons (Fsp3) is 0.417. The summed E-state index contributed by atoms with van der Waals surface area (Å²) in [5.74, 6) is -1.27. The van der Waals surface area contributed by atoms with Crippen LogP contribution in [0.5, 0.6) is 0 Å². The van der Waals surface area contributed by atoms with E-state index in [1.165, 1.54) is 25.2 Å². The summed E-state index contributed by atoms with van der Waals surface area (Å²) >= 11 is 1.41. The standard InChI is InChI=1S/C24H28N2O5S/c1-4-7-20(28)26-17-12-10-16(11-13-17)22(29)14(2)31-24(30)21-18-8-5-6-9-19(18)32-23(21)25-15(3)27/h10-14H,4-9H2,1-3H3,(H,25,27)(H,26,28)/t14-/m0/s1. The second-order valence-electron chi connectivity index (χ2n) is 7.88. The van der Waals surface area contributed by atoms with Crippen molar-refractivity contribution in [3.63, 3.8) is 0 Å². The van der Waals surface area contributed by atoms with Crippen molar-refractivity contribution in [2.45, 2.75) is 65.4 Å². The molecule has 3 rings (SSSR count). The minimum Gasteiger partial charge on any atom is -0.451 e. The number of amides is 2. The lowest BCUT2D eigenvalue weighted by Crippen LogP contribution is -2.25. The molecule has 7 nitrogen and oxygen atoms in total. The van der Waals surface area contributed by atoms with Gasteiger partial charge in [0.05, 0.1) is 5.56 Å². The third-order valence-electron chi connectivity index (χ3n) is 5.25. The molecular weight excluding hydrogens is 428 g/mol. The van der Waals surface area contributed by atoms with E-state index in [0.29, 0.717) is 28.2 Å². The number of fused-ring (bicyclic) bond motifs is 1. The number of hydrogen-bond donors (Lipinski definition) is 2. The third-order valence-corrected chi connectivity index (χ3v) is 6.46. The zero-order valence-corrected chi connectivity index (χ0v) is 19.4. The lowest BCUT2D eigenvalue weighted by molar-refractivity contribution is -0.116. The van der Waals surface area contributed by atoms with Crippen LogP contribution in [0, 0.1) is 0 Å². The maximum Gasteiger partial charge on any atom is 0.342 e. The van der Waals surface area contributed by atoms with Crippen LogP contribution < -0.4 is 10.6 Å². The number of esters is 1. The van der Waals surface area contributed by atoms with Crippen molar-refractivity contribution in [3.05, 3.63) is 45.8 Å². The molecule has 0 saturated carbocycles. The van der Waals surface area contributed by atoms with Gasteiger partial charge in [-0.1, -0.05) is 6.92 Å². The first-order chi connectivity index (χ1) is 15.3. The molecule has 0 spiro atoms. The first-order valence-electron chi connectivity index (χ1n) is 10.9. The number of Topliss-reactive ketones (excluding diaryl/α,β-unsaturated/α-hetero) is 1. The molecule has 1 aliphatic carbocycles. The maximum absolute atomic E-state index is 13.0. The van der Waals surface area contributed by atoms with Crippen LogP contribution in [0.15, 0.2) is 24.3 Å². The molecule has 170 valence electrons. The third kappa shape index (κ3) is 5.62. The van der Waals surface area contributed by atoms with E-state index in [4.69, 9.17) is 4.74 Å². The number of carbonyl (C=O) groups is 4. The monoisotopic (exact) mass is 456 g/mol. The predicted molar refractivity (Wildman–Crippen MR) is 124 cm³/mol. The van der Waals surface area contributed by atoms with Gasteiger partial charge >= 0.3 is 5.97 Å². The zero-order valence-electron chi connectivity index (χ0n) is 18.6. The van der Waals surface area contributed by atoms with E-state index < -0.39 is 12.1 Å². The highest BCUT2D eigenvalue weighted by molar-refractivity contribution is 7.17. The molecule has 2 N–H and O–H groups in total. The minimum atomic E-state index is -0.993. The van der Waals surface area contributed by atoms with Gasteiger partial charge in [0.25, 0.3) is 0 Å². The van der Waals surface area contributed by atoms with Crippen LogP contribution in [0.3, 0.4) is 0 Å². The zero-order chi connectivity index (χ0) is 23.3. The molecule has 1 heterocycles. The lowest BCUT2D eigenvalue weighted by Gasteiger charge is -2.16. The first kappa shape index (κ1) is 23.7. The number of nitrogens with one attached hydrogen (secondary N) is 2. The van der Waals surface area contributed by atoms with Gasteiger partial charge in [0, 0.05) is 29.5 Å². The smallest absolute Gasteiger partial charge is 0.342 e. The Hall–Kier alpha value is -3.00. The van der Waals surface area contributed by atoms with Gasteiger partial charge in [0.2, 0.25) is 17.6 Å². The molecule has 0 saturated heterocycles. The minimum absolute atomic E-state index is 0.0806. The van der Waals surface area contributed by atoms with Gasteiger partial charge in [-0.15, -0.1) is 11.3 Å². The second-order valence-corrected chi connectivity index (χ2v) is 8.99. The van der Waals surface area contributed by atoms with E-state index >= 15 is 0 Å². The van der Waals surface area contributed by atoms with E-state index in [1.807, 2.05) is 6.92 Å². The summed E-state index contributed by atoms with van der Waals surface area (Å²) in [5, 5.41) is 5.99. The Morgan fingerprint density at radius 2 is 1.75 bits per heavy atom. The molecule has 1 atom stereocenters. The Labute approximate surface area is 191 Å². The molecule has 0 fully saturated rings. The molecule has 2 amide bonds. The van der Waals surface area contributed by atoms with Crippen molar-refractivity contribution >= 4 is 45.6 Å². The number of carbonyl (C=O) groups excluding carboxylic acids is 4. The van der Waals surface area contributed by atoms with Crippen LogP contribution in [0.2, 0.25) is 0 Å². The molecule has 1 aliphatic rings. The van der Waals surface area contributed by atoms with Crippen LogP contribution in [0.25, 0.3) is 0 Å². The quantitative estimate of drug-likeness (QED) is 0.441. The molecule has 0 bridgehead atoms. The summed E-state index contributed by atoms with van der Waals surface area (Å²) < 4.78 is 5.52. The summed E-state index contributed by atoms with van der Waals surface area (Å²) in [5.41, 5.74) is 2.28. The van der Waals surface area contributed by atoms with E-state index in [1.54, 1.807) is 24.3 Å². The Morgan fingerprint density at radius 1 is 1.06 bits per heavy atom. The highest BCUT2D eigenvalue weighted by atomic mass is 32.1. The van der Waals surface area contributed by atoms with Gasteiger partial charge in [0.1, 0.15) is 5.00 Å². The molecule has 1 aromatic heterocycles. The highest BCUT2D eigenvalue weighted by Gasteiger charge is 2.29. The van der Waals surface area contributed by atoms with Crippen molar-refractivity contribution < 1.29 is 23.9 Å². The molecule has 0 radical (unpaired) electrons. The van der Waals surface area contributed by atoms with Crippen LogP contribution in [-0.4, -0.2) is 29.7 Å². The molecule has 32 heavy (non-hydrogen) atoms. The lowest BCUT2D eigenvalue weighted by atomic mass is 9.95. The van der Waals surface area contributed by atoms with Crippen LogP contribution in [0.1, 0.15) is 77.6 Å². The number of anilines is 2. The second kappa shape index (κ2) is 10.5. The SMILES string of the molecule is CCCC(=O)Nc1ccc(C(=O)[C@H](C)OC(=O)c2c(NC(C)=O)sc3c2CCCC3)cc1. The van der Waals surface area contributed by atoms with Crippen molar-refractivity contribution in [2.24, 2.45) is 0 Å². The van der Waals surface area contributed by atoms with Gasteiger partial charge in [-0.25, -0.2) is 4.79 Å². The molecule has 1 aromatic carbocycles. The van der Waals surface area contributed by atoms with Gasteiger partial charge in [-0.3, -0.25) is 14.4 Å². The summed E-state index contributed by atoms with van der Waals surface area (Å²) in [6, 6.07) is 6.51. The fourth-order valence-corrected chi connectivity index (χ4v) is 5.03. The Morgan fingerprint density at radius 3 is 2.41 bits per heavy atom. The number of benzene rings is 1. The van der Waals surface area contributed by atoms with Gasteiger partial charge in [-0.05, 0) is 68.9 Å². The van der Waals surface area contributed by atoms with Gasteiger partial charge in [-0.2, -0.15) is 0 Å². The largest absolute Gasteiger partial charge is 0.451 e. The Bertz CT molecular complexity index is 1030. The normalized spacial score (nSPS) is 13.6. The number of rotatable bonds is 8. The van der Waals surface area contributed by atoms with Crippen LogP contribution in [-0.2, 0) is 27.2 Å². The molecule has 8 heteroatoms. The first-order valence-corrected chi connectivity index (χ1v) is 11.7. The average Bonchev–Trinajstić information content (AvgIpc) is 3.11. The van der Waals surface area contributed by atoms with Crippen LogP contribution in [0.4, 0.5) is 10.7 Å². The van der Waals surface area contributed by atoms with Crippen molar-refractivity contribution in [2.75, 3.05) is 10.6 Å². The predicted octanol–water partition coefficient (Wildman–Crippen LogP) is 4.75. The van der Waals surface area contributed by atoms with E-state index in [0.717, 1.165) is 42.5 Å². The fourth-order valence-electron chi connectivity index (χ4n) is 3.71. The average molecular weight is 457 g/mol. The number of hydrogen-bond acceptors (Lipinski definition) is 6. The summed E-state index contributed by atoms with van der Waals surface area (Å²) in [6.07, 6.45) is 3.83. The maximum atomic E-state index is 13.0. The number of ketones is 1. The molecular formula is C24H28N2O5S. The Kier molecular flexibility index (Phi) is 7.80. The van der Waals surface area contributed by atoms with Crippen molar-refractivity contribution in [1.29, 1.82) is 0 Å². The summed E-state index contributed by atoms with van der Waals surface area (Å²) in [7, 11) is 0. The topological polar surface area (TPSA) is 102 Å². The highest BCUT2D eigenvalue weighted by Crippen LogP contribution is 2.38. The summed E-state index contributed by atoms with van der Waals surface area (Å²) in [4.78, 5) is 50.2. The Balaban J connectivity index is 1.71. The van der Waals surface area contributed by atoms with E-state index in [2.05, 4.69) is 10.6 Å². The number of thiophene rings is 1. The van der Waals surface area contributed by atoms with Crippen molar-refractivity contribution in [1.82, 2.24) is 0 Å². The van der Waals surface area contributed by atoms with E-state index in [-0.39, 0.29) is 17.6 Å². The molecule has 0 unspecified atom stereocenters. The summed E-state index contributed by atoms with van der Waals surface area (Å²) in [6.45, 7) is 4.86. The number of aryl methyl sites for hydroxylation is 1. The van der Waals surface area contributed by atoms with Gasteiger partial charge < -0.3 is 15.4 Å². The van der Waals surface area contributed by atoms with Gasteiger partial charge in [0.15, 0.2) is 6.10 Å². The molecule has 0 aliphatic heterocycles.